The summed E-state index contributed by atoms with van der Waals surface area (Å²) in [4.78, 5) is 0. The molecule has 66 valence electrons. The second-order valence-electron chi connectivity index (χ2n) is 2.82. The number of nitrogens with two attached hydrogens (primary N) is 1. The number of hydrogen-bond acceptors (Lipinski definition) is 3. The summed E-state index contributed by atoms with van der Waals surface area (Å²) in [5.74, 6) is 5.19. The zero-order chi connectivity index (χ0) is 8.81. The first kappa shape index (κ1) is 9.03. The van der Waals surface area contributed by atoms with Crippen LogP contribution in [-0.2, 0) is 0 Å². The minimum atomic E-state index is 0.345. The molecule has 12 heavy (non-hydrogen) atoms. The fraction of sp³-hybridized carbons (Fsp3) is 0.333. The quantitative estimate of drug-likeness (QED) is 0.460. The third-order valence-electron chi connectivity index (χ3n) is 1.61. The van der Waals surface area contributed by atoms with Gasteiger partial charge in [0.2, 0.25) is 0 Å². The molecule has 0 amide bonds. The Balaban J connectivity index is 2.41. The molecule has 3 heteroatoms. The highest BCUT2D eigenvalue weighted by atomic mass is 15.2. The predicted molar refractivity (Wildman–Crippen MR) is 51.7 cm³/mol. The van der Waals surface area contributed by atoms with Crippen molar-refractivity contribution in [1.29, 1.82) is 0 Å². The molecule has 0 radical (unpaired) electrons. The molecule has 0 aliphatic rings. The Bertz CT molecular complexity index is 210. The van der Waals surface area contributed by atoms with Gasteiger partial charge in [-0.3, -0.25) is 11.3 Å². The number of rotatable bonds is 4. The van der Waals surface area contributed by atoms with Gasteiger partial charge in [0.05, 0.1) is 0 Å². The van der Waals surface area contributed by atoms with Gasteiger partial charge in [0, 0.05) is 18.3 Å². The minimum Gasteiger partial charge on any atom is -0.381 e. The summed E-state index contributed by atoms with van der Waals surface area (Å²) in [6, 6.07) is 10.4. The van der Waals surface area contributed by atoms with Gasteiger partial charge in [-0.05, 0) is 19.1 Å². The maximum Gasteiger partial charge on any atom is 0.0371 e. The highest BCUT2D eigenvalue weighted by Crippen LogP contribution is 2.05. The van der Waals surface area contributed by atoms with Crippen molar-refractivity contribution >= 4 is 5.69 Å². The van der Waals surface area contributed by atoms with Crippen LogP contribution in [0.2, 0.25) is 0 Å². The topological polar surface area (TPSA) is 50.1 Å². The molecule has 0 aromatic heterocycles. The average Bonchev–Trinajstić information content (AvgIpc) is 2.06. The van der Waals surface area contributed by atoms with Crippen LogP contribution in [0.15, 0.2) is 30.3 Å². The highest BCUT2D eigenvalue weighted by molar-refractivity contribution is 5.43. The Morgan fingerprint density at radius 1 is 1.33 bits per heavy atom. The third-order valence-corrected chi connectivity index (χ3v) is 1.61. The molecule has 1 aromatic carbocycles. The maximum absolute atomic E-state index is 5.19. The summed E-state index contributed by atoms with van der Waals surface area (Å²) >= 11 is 0. The Morgan fingerprint density at radius 3 is 2.58 bits per heavy atom. The highest BCUT2D eigenvalue weighted by Gasteiger charge is 1.98. The molecular formula is C9H15N3. The monoisotopic (exact) mass is 165 g/mol. The van der Waals surface area contributed by atoms with Gasteiger partial charge in [-0.15, -0.1) is 0 Å². The van der Waals surface area contributed by atoms with Crippen LogP contribution in [0.5, 0.6) is 0 Å². The molecule has 0 aliphatic heterocycles. The van der Waals surface area contributed by atoms with Crippen molar-refractivity contribution in [2.75, 3.05) is 11.9 Å². The van der Waals surface area contributed by atoms with E-state index in [0.29, 0.717) is 6.04 Å². The summed E-state index contributed by atoms with van der Waals surface area (Å²) in [7, 11) is 0. The van der Waals surface area contributed by atoms with Gasteiger partial charge in [0.1, 0.15) is 0 Å². The van der Waals surface area contributed by atoms with Crippen LogP contribution < -0.4 is 16.6 Å². The molecule has 1 aromatic rings. The Morgan fingerprint density at radius 2 is 2.00 bits per heavy atom. The lowest BCUT2D eigenvalue weighted by Crippen LogP contribution is -2.34. The third kappa shape index (κ3) is 2.90. The molecule has 4 N–H and O–H groups in total. The van der Waals surface area contributed by atoms with Crippen LogP contribution in [0.3, 0.4) is 0 Å². The summed E-state index contributed by atoms with van der Waals surface area (Å²) < 4.78 is 0. The first-order valence-electron chi connectivity index (χ1n) is 4.08. The van der Waals surface area contributed by atoms with Crippen LogP contribution in [0.1, 0.15) is 6.92 Å². The molecule has 1 atom stereocenters. The van der Waals surface area contributed by atoms with Crippen molar-refractivity contribution in [3.63, 3.8) is 0 Å². The number of nitrogens with one attached hydrogen (secondary N) is 2. The van der Waals surface area contributed by atoms with Gasteiger partial charge in [0.25, 0.3) is 0 Å². The second-order valence-corrected chi connectivity index (χ2v) is 2.82. The normalized spacial score (nSPS) is 12.5. The van der Waals surface area contributed by atoms with Crippen LogP contribution in [0, 0.1) is 0 Å². The molecule has 0 spiro atoms. The molecule has 1 rings (SSSR count). The number of benzene rings is 1. The second kappa shape index (κ2) is 4.74. The molecule has 0 heterocycles. The molecule has 0 aliphatic carbocycles. The molecule has 3 nitrogen and oxygen atoms in total. The molecule has 1 unspecified atom stereocenters. The van der Waals surface area contributed by atoms with E-state index in [1.54, 1.807) is 0 Å². The van der Waals surface area contributed by atoms with Crippen molar-refractivity contribution in [1.82, 2.24) is 5.43 Å². The molecule has 0 bridgehead atoms. The van der Waals surface area contributed by atoms with E-state index in [2.05, 4.69) is 17.7 Å². The van der Waals surface area contributed by atoms with Gasteiger partial charge in [-0.1, -0.05) is 18.2 Å². The Labute approximate surface area is 72.9 Å². The van der Waals surface area contributed by atoms with Gasteiger partial charge in [-0.2, -0.15) is 0 Å². The summed E-state index contributed by atoms with van der Waals surface area (Å²) in [5, 5.41) is 3.30. The van der Waals surface area contributed by atoms with E-state index in [0.717, 1.165) is 12.2 Å². The van der Waals surface area contributed by atoms with Crippen molar-refractivity contribution in [2.24, 2.45) is 5.84 Å². The zero-order valence-electron chi connectivity index (χ0n) is 7.25. The lowest BCUT2D eigenvalue weighted by atomic mass is 10.3. The van der Waals surface area contributed by atoms with Crippen molar-refractivity contribution < 1.29 is 0 Å². The molecule has 0 saturated heterocycles. The standard InChI is InChI=1S/C9H15N3/c1-8(7-11-10)12-9-5-3-2-4-6-9/h2-6,8,11-12H,7,10H2,1H3. The van der Waals surface area contributed by atoms with Crippen LogP contribution in [-0.4, -0.2) is 12.6 Å². The largest absolute Gasteiger partial charge is 0.381 e. The van der Waals surface area contributed by atoms with Crippen LogP contribution in [0.25, 0.3) is 0 Å². The van der Waals surface area contributed by atoms with Crippen molar-refractivity contribution in [3.8, 4) is 0 Å². The maximum atomic E-state index is 5.19. The van der Waals surface area contributed by atoms with Crippen molar-refractivity contribution in [2.45, 2.75) is 13.0 Å². The Hall–Kier alpha value is -1.06. The van der Waals surface area contributed by atoms with E-state index in [4.69, 9.17) is 5.84 Å². The number of hydrogen-bond donors (Lipinski definition) is 3. The van der Waals surface area contributed by atoms with E-state index in [-0.39, 0.29) is 0 Å². The predicted octanol–water partition coefficient (Wildman–Crippen LogP) is 0.950. The molecule has 0 fully saturated rings. The summed E-state index contributed by atoms with van der Waals surface area (Å²) in [5.41, 5.74) is 3.75. The van der Waals surface area contributed by atoms with Crippen LogP contribution in [0.4, 0.5) is 5.69 Å². The summed E-state index contributed by atoms with van der Waals surface area (Å²) in [6.45, 7) is 2.84. The van der Waals surface area contributed by atoms with E-state index < -0.39 is 0 Å². The van der Waals surface area contributed by atoms with Gasteiger partial charge >= 0.3 is 0 Å². The Kier molecular flexibility index (Phi) is 3.57. The smallest absolute Gasteiger partial charge is 0.0371 e. The van der Waals surface area contributed by atoms with E-state index in [1.165, 1.54) is 0 Å². The summed E-state index contributed by atoms with van der Waals surface area (Å²) in [6.07, 6.45) is 0. The van der Waals surface area contributed by atoms with Crippen LogP contribution >= 0.6 is 0 Å². The minimum absolute atomic E-state index is 0.345. The SMILES string of the molecule is CC(CNN)Nc1ccccc1. The number of para-hydroxylation sites is 1. The average molecular weight is 165 g/mol. The lowest BCUT2D eigenvalue weighted by Gasteiger charge is -2.13. The number of hydrazine groups is 1. The van der Waals surface area contributed by atoms with E-state index >= 15 is 0 Å². The zero-order valence-corrected chi connectivity index (χ0v) is 7.25. The van der Waals surface area contributed by atoms with Crippen molar-refractivity contribution in [3.05, 3.63) is 30.3 Å². The van der Waals surface area contributed by atoms with Gasteiger partial charge in [0.15, 0.2) is 0 Å². The first-order valence-corrected chi connectivity index (χ1v) is 4.08. The van der Waals surface area contributed by atoms with Gasteiger partial charge in [-0.25, -0.2) is 0 Å². The fourth-order valence-corrected chi connectivity index (χ4v) is 1.05. The number of anilines is 1. The lowest BCUT2D eigenvalue weighted by molar-refractivity contribution is 0.659. The molecule has 0 saturated carbocycles. The van der Waals surface area contributed by atoms with E-state index in [9.17, 15) is 0 Å². The van der Waals surface area contributed by atoms with Gasteiger partial charge < -0.3 is 5.32 Å². The first-order chi connectivity index (χ1) is 5.83. The van der Waals surface area contributed by atoms with E-state index in [1.807, 2.05) is 30.3 Å². The fourth-order valence-electron chi connectivity index (χ4n) is 1.05. The molecular weight excluding hydrogens is 150 g/mol.